The van der Waals surface area contributed by atoms with Crippen LogP contribution in [-0.4, -0.2) is 96.3 Å². The zero-order valence-electron chi connectivity index (χ0n) is 26.1. The number of aromatic amines is 2. The van der Waals surface area contributed by atoms with Crippen molar-refractivity contribution in [2.45, 2.75) is 0 Å². The number of rotatable bonds is 4. The number of nitrogens with zero attached hydrogens (tertiary/aromatic N) is 10. The van der Waals surface area contributed by atoms with Crippen molar-refractivity contribution >= 4 is 45.3 Å². The molecule has 0 saturated carbocycles. The Hall–Kier alpha value is -5.52. The molecule has 0 unspecified atom stereocenters. The highest BCUT2D eigenvalue weighted by atomic mass is 15.2. The van der Waals surface area contributed by atoms with Gasteiger partial charge in [-0.1, -0.05) is 48.5 Å². The van der Waals surface area contributed by atoms with Gasteiger partial charge in [-0.25, -0.2) is 29.9 Å². The molecule has 0 radical (unpaired) electrons. The maximum Gasteiger partial charge on any atom is 0.164 e. The smallest absolute Gasteiger partial charge is 0.164 e. The lowest BCUT2D eigenvalue weighted by atomic mass is 10.1. The van der Waals surface area contributed by atoms with Gasteiger partial charge in [0.2, 0.25) is 0 Å². The van der Waals surface area contributed by atoms with Crippen LogP contribution in [-0.2, 0) is 0 Å². The van der Waals surface area contributed by atoms with E-state index in [0.29, 0.717) is 45.9 Å². The van der Waals surface area contributed by atoms with Crippen molar-refractivity contribution in [1.29, 1.82) is 0 Å². The number of fused-ring (bicyclic) bond motifs is 14. The summed E-state index contributed by atoms with van der Waals surface area (Å²) in [4.78, 5) is 45.5. The fourth-order valence-corrected chi connectivity index (χ4v) is 5.88. The minimum Gasteiger partial charge on any atom is -0.373 e. The molecule has 5 heterocycles. The Labute approximate surface area is 255 Å². The quantitative estimate of drug-likeness (QED) is 0.297. The lowest BCUT2D eigenvalue weighted by molar-refractivity contribution is 1.08. The summed E-state index contributed by atoms with van der Waals surface area (Å²) in [5.41, 5.74) is 9.80. The Morgan fingerprint density at radius 1 is 0.364 bits per heavy atom. The van der Waals surface area contributed by atoms with E-state index in [4.69, 9.17) is 29.9 Å². The molecule has 7 rings (SSSR count). The summed E-state index contributed by atoms with van der Waals surface area (Å²) in [5, 5.41) is 0. The van der Waals surface area contributed by atoms with Gasteiger partial charge in [0.05, 0.1) is 0 Å². The maximum atomic E-state index is 5.20. The molecule has 12 heteroatoms. The van der Waals surface area contributed by atoms with Crippen LogP contribution in [0.4, 0.5) is 22.7 Å². The van der Waals surface area contributed by atoms with E-state index in [2.05, 4.69) is 9.97 Å². The van der Waals surface area contributed by atoms with Crippen molar-refractivity contribution in [2.75, 3.05) is 76.0 Å². The molecule has 44 heavy (non-hydrogen) atoms. The Morgan fingerprint density at radius 2 is 0.614 bits per heavy atom. The molecule has 12 nitrogen and oxygen atoms in total. The van der Waals surface area contributed by atoms with Gasteiger partial charge >= 0.3 is 0 Å². The molecular weight excluding hydrogens is 552 g/mol. The standard InChI is InChI=1S/C32H34N12/c1-41(2)21-23(43(5)6)31-38-29(21)36-27-19-15-11-9-13-17(19)25(34-27)33-26-18-14-10-12-16-20(18)28(35-26)37-30-22(42(3)4)24(44(7)8)32(39-30)40-31/h9-16H,1-8H3,(H2,33,34,35,36,37,38,39,40). The molecule has 0 aliphatic carbocycles. The lowest BCUT2D eigenvalue weighted by Crippen LogP contribution is -2.16. The van der Waals surface area contributed by atoms with Crippen LogP contribution >= 0.6 is 0 Å². The Balaban J connectivity index is 1.72. The number of hydrogen-bond donors (Lipinski definition) is 2. The topological polar surface area (TPSA) is 122 Å². The molecule has 2 aliphatic heterocycles. The molecule has 0 atom stereocenters. The zero-order valence-corrected chi connectivity index (χ0v) is 26.1. The van der Waals surface area contributed by atoms with E-state index in [9.17, 15) is 0 Å². The third-order valence-corrected chi connectivity index (χ3v) is 7.72. The van der Waals surface area contributed by atoms with Gasteiger partial charge in [-0.3, -0.25) is 0 Å². The van der Waals surface area contributed by atoms with Gasteiger partial charge in [0.15, 0.2) is 45.9 Å². The van der Waals surface area contributed by atoms with E-state index in [1.807, 2.05) is 125 Å². The maximum absolute atomic E-state index is 5.20. The molecule has 0 spiro atoms. The van der Waals surface area contributed by atoms with Crippen molar-refractivity contribution < 1.29 is 0 Å². The summed E-state index contributed by atoms with van der Waals surface area (Å²) in [6.45, 7) is 0. The number of hydrogen-bond acceptors (Lipinski definition) is 10. The normalized spacial score (nSPS) is 11.6. The van der Waals surface area contributed by atoms with Crippen molar-refractivity contribution in [3.05, 3.63) is 48.5 Å². The Kier molecular flexibility index (Phi) is 6.23. The molecule has 222 valence electrons. The van der Waals surface area contributed by atoms with Crippen LogP contribution in [0.5, 0.6) is 0 Å². The molecule has 3 aromatic heterocycles. The third-order valence-electron chi connectivity index (χ3n) is 7.72. The Bertz CT molecular complexity index is 1960. The average Bonchev–Trinajstić information content (AvgIpc) is 3.71. The number of benzene rings is 2. The minimum absolute atomic E-state index is 0.558. The summed E-state index contributed by atoms with van der Waals surface area (Å²) < 4.78 is 0. The highest BCUT2D eigenvalue weighted by molar-refractivity contribution is 5.99. The largest absolute Gasteiger partial charge is 0.373 e. The van der Waals surface area contributed by atoms with Crippen LogP contribution in [0.1, 0.15) is 0 Å². The molecule has 0 saturated heterocycles. The van der Waals surface area contributed by atoms with Crippen molar-refractivity contribution in [3.63, 3.8) is 0 Å². The lowest BCUT2D eigenvalue weighted by Gasteiger charge is -2.19. The van der Waals surface area contributed by atoms with Gasteiger partial charge < -0.3 is 29.6 Å². The van der Waals surface area contributed by atoms with Crippen LogP contribution in [0.15, 0.2) is 48.5 Å². The second-order valence-corrected chi connectivity index (χ2v) is 11.7. The molecule has 0 amide bonds. The first kappa shape index (κ1) is 27.3. The van der Waals surface area contributed by atoms with Crippen LogP contribution in [0, 0.1) is 0 Å². The molecular formula is C32H34N12. The molecule has 5 aromatic rings. The van der Waals surface area contributed by atoms with E-state index >= 15 is 0 Å². The number of H-pyrrole nitrogens is 2. The average molecular weight is 587 g/mol. The van der Waals surface area contributed by atoms with Gasteiger partial charge in [-0.2, -0.15) is 0 Å². The summed E-state index contributed by atoms with van der Waals surface area (Å²) in [6, 6.07) is 16.0. The molecule has 8 bridgehead atoms. The SMILES string of the molecule is CN(C)c1c(N(C)C)c2nc3[nH]c(nc4nc(nc5nc(nc1[nH]2)-c1ccccc1-5)-c1ccccc1-4)c(N(C)C)c3N(C)C. The van der Waals surface area contributed by atoms with E-state index in [-0.39, 0.29) is 0 Å². The third kappa shape index (κ3) is 4.21. The predicted octanol–water partition coefficient (Wildman–Crippen LogP) is 4.83. The fraction of sp³-hybridized carbons (Fsp3) is 0.250. The monoisotopic (exact) mass is 586 g/mol. The first-order valence-electron chi connectivity index (χ1n) is 14.3. The van der Waals surface area contributed by atoms with Gasteiger partial charge in [0, 0.05) is 78.6 Å². The second kappa shape index (κ2) is 10.0. The molecule has 2 N–H and O–H groups in total. The molecule has 2 aromatic carbocycles. The summed E-state index contributed by atoms with van der Waals surface area (Å²) in [7, 11) is 16.0. The van der Waals surface area contributed by atoms with Crippen LogP contribution in [0.25, 0.3) is 68.1 Å². The zero-order chi connectivity index (χ0) is 30.9. The van der Waals surface area contributed by atoms with Crippen LogP contribution in [0.2, 0.25) is 0 Å². The summed E-state index contributed by atoms with van der Waals surface area (Å²) in [6.07, 6.45) is 0. The predicted molar refractivity (Wildman–Crippen MR) is 178 cm³/mol. The first-order valence-corrected chi connectivity index (χ1v) is 14.3. The van der Waals surface area contributed by atoms with Crippen molar-refractivity contribution in [1.82, 2.24) is 39.9 Å². The minimum atomic E-state index is 0.558. The van der Waals surface area contributed by atoms with Gasteiger partial charge in [0.1, 0.15) is 22.7 Å². The van der Waals surface area contributed by atoms with E-state index in [1.54, 1.807) is 0 Å². The Morgan fingerprint density at radius 3 is 0.886 bits per heavy atom. The van der Waals surface area contributed by atoms with E-state index in [1.165, 1.54) is 0 Å². The number of anilines is 4. The molecule has 2 aliphatic rings. The van der Waals surface area contributed by atoms with E-state index in [0.717, 1.165) is 45.0 Å². The number of aromatic nitrogens is 8. The number of nitrogens with one attached hydrogen (secondary N) is 2. The van der Waals surface area contributed by atoms with E-state index < -0.39 is 0 Å². The fourth-order valence-electron chi connectivity index (χ4n) is 5.88. The van der Waals surface area contributed by atoms with Gasteiger partial charge in [-0.15, -0.1) is 0 Å². The summed E-state index contributed by atoms with van der Waals surface area (Å²) >= 11 is 0. The highest BCUT2D eigenvalue weighted by Crippen LogP contribution is 2.41. The first-order chi connectivity index (χ1) is 21.1. The van der Waals surface area contributed by atoms with Crippen LogP contribution < -0.4 is 19.6 Å². The van der Waals surface area contributed by atoms with Crippen molar-refractivity contribution in [3.8, 4) is 45.6 Å². The van der Waals surface area contributed by atoms with Crippen LogP contribution in [0.3, 0.4) is 0 Å². The molecule has 0 fully saturated rings. The highest BCUT2D eigenvalue weighted by Gasteiger charge is 2.25. The second-order valence-electron chi connectivity index (χ2n) is 11.7. The summed E-state index contributed by atoms with van der Waals surface area (Å²) in [5.74, 6) is 2.25. The van der Waals surface area contributed by atoms with Gasteiger partial charge in [0.25, 0.3) is 0 Å². The van der Waals surface area contributed by atoms with Gasteiger partial charge in [-0.05, 0) is 0 Å². The van der Waals surface area contributed by atoms with Crippen molar-refractivity contribution in [2.24, 2.45) is 0 Å².